The van der Waals surface area contributed by atoms with Crippen LogP contribution in [-0.2, 0) is 15.7 Å². The fourth-order valence-electron chi connectivity index (χ4n) is 3.84. The number of oxazole rings is 1. The molecule has 0 unspecified atom stereocenters. The number of nitrogens with zero attached hydrogens (tertiary/aromatic N) is 1. The highest BCUT2D eigenvalue weighted by molar-refractivity contribution is 6.62. The van der Waals surface area contributed by atoms with Gasteiger partial charge in [0, 0.05) is 6.42 Å². The van der Waals surface area contributed by atoms with Gasteiger partial charge in [-0.1, -0.05) is 25.3 Å². The van der Waals surface area contributed by atoms with Crippen molar-refractivity contribution in [1.29, 1.82) is 0 Å². The van der Waals surface area contributed by atoms with E-state index in [2.05, 4.69) is 32.7 Å². The topological polar surface area (TPSA) is 44.5 Å². The summed E-state index contributed by atoms with van der Waals surface area (Å²) in [5, 5.41) is 0. The Morgan fingerprint density at radius 3 is 2.40 bits per heavy atom. The summed E-state index contributed by atoms with van der Waals surface area (Å²) in [6.45, 7) is 8.29. The predicted molar refractivity (Wildman–Crippen MR) is 100 cm³/mol. The number of rotatable bonds is 3. The first-order valence-corrected chi connectivity index (χ1v) is 9.59. The van der Waals surface area contributed by atoms with Crippen molar-refractivity contribution < 1.29 is 13.7 Å². The first-order chi connectivity index (χ1) is 11.8. The lowest BCUT2D eigenvalue weighted by atomic mass is 9.79. The van der Waals surface area contributed by atoms with Gasteiger partial charge in [0.15, 0.2) is 11.5 Å². The van der Waals surface area contributed by atoms with Crippen LogP contribution in [0.25, 0.3) is 11.1 Å². The molecule has 1 aliphatic carbocycles. The summed E-state index contributed by atoms with van der Waals surface area (Å²) in [7, 11) is -0.360. The Hall–Kier alpha value is -1.33. The summed E-state index contributed by atoms with van der Waals surface area (Å²) in [5.41, 5.74) is 2.08. The van der Waals surface area contributed by atoms with Gasteiger partial charge >= 0.3 is 7.12 Å². The molecule has 2 heterocycles. The van der Waals surface area contributed by atoms with E-state index in [0.29, 0.717) is 0 Å². The van der Waals surface area contributed by atoms with Crippen LogP contribution in [0.1, 0.15) is 65.7 Å². The van der Waals surface area contributed by atoms with Crippen molar-refractivity contribution in [2.45, 2.75) is 77.4 Å². The zero-order valence-electron chi connectivity index (χ0n) is 15.8. The molecule has 0 spiro atoms. The fourth-order valence-corrected chi connectivity index (χ4v) is 3.84. The largest absolute Gasteiger partial charge is 0.494 e. The lowest BCUT2D eigenvalue weighted by Crippen LogP contribution is -2.41. The highest BCUT2D eigenvalue weighted by Crippen LogP contribution is 2.36. The molecule has 4 rings (SSSR count). The van der Waals surface area contributed by atoms with Gasteiger partial charge in [-0.15, -0.1) is 0 Å². The predicted octanol–water partition coefficient (Wildman–Crippen LogP) is 4.25. The SMILES string of the molecule is CC1(C)OB(c2ccc3nc(CC4CCCCC4)oc3c2)OC1(C)C. The van der Waals surface area contributed by atoms with Crippen LogP contribution in [0.4, 0.5) is 0 Å². The Bertz CT molecular complexity index is 745. The molecular formula is C20H28BNO3. The van der Waals surface area contributed by atoms with Crippen molar-refractivity contribution >= 4 is 23.7 Å². The lowest BCUT2D eigenvalue weighted by molar-refractivity contribution is 0.00578. The van der Waals surface area contributed by atoms with E-state index >= 15 is 0 Å². The highest BCUT2D eigenvalue weighted by atomic mass is 16.7. The van der Waals surface area contributed by atoms with E-state index < -0.39 is 0 Å². The normalized spacial score (nSPS) is 23.4. The van der Waals surface area contributed by atoms with Crippen molar-refractivity contribution in [2.24, 2.45) is 5.92 Å². The molecule has 4 nitrogen and oxygen atoms in total. The van der Waals surface area contributed by atoms with Crippen molar-refractivity contribution in [2.75, 3.05) is 0 Å². The second kappa shape index (κ2) is 6.13. The van der Waals surface area contributed by atoms with Crippen LogP contribution in [0.5, 0.6) is 0 Å². The minimum absolute atomic E-state index is 0.333. The van der Waals surface area contributed by atoms with E-state index in [1.54, 1.807) is 0 Å². The third kappa shape index (κ3) is 3.24. The average molecular weight is 341 g/mol. The maximum absolute atomic E-state index is 6.14. The number of hydrogen-bond donors (Lipinski definition) is 0. The van der Waals surface area contributed by atoms with Crippen LogP contribution in [0.2, 0.25) is 0 Å². The van der Waals surface area contributed by atoms with Crippen LogP contribution in [0, 0.1) is 5.92 Å². The quantitative estimate of drug-likeness (QED) is 0.783. The smallest absolute Gasteiger partial charge is 0.441 e. The molecule has 134 valence electrons. The summed E-state index contributed by atoms with van der Waals surface area (Å²) in [6, 6.07) is 6.08. The molecule has 1 saturated heterocycles. The van der Waals surface area contributed by atoms with Crippen molar-refractivity contribution in [1.82, 2.24) is 4.98 Å². The van der Waals surface area contributed by atoms with Crippen LogP contribution < -0.4 is 5.46 Å². The van der Waals surface area contributed by atoms with Gasteiger partial charge in [0.05, 0.1) is 11.2 Å². The molecule has 1 saturated carbocycles. The molecule has 2 aromatic rings. The molecular weight excluding hydrogens is 313 g/mol. The molecule has 1 aromatic carbocycles. The molecule has 0 amide bonds. The van der Waals surface area contributed by atoms with Crippen LogP contribution >= 0.6 is 0 Å². The molecule has 0 atom stereocenters. The lowest BCUT2D eigenvalue weighted by Gasteiger charge is -2.32. The third-order valence-corrected chi connectivity index (χ3v) is 6.17. The minimum Gasteiger partial charge on any atom is -0.441 e. The van der Waals surface area contributed by atoms with Crippen molar-refractivity contribution in [3.63, 3.8) is 0 Å². The molecule has 1 aliphatic heterocycles. The maximum atomic E-state index is 6.14. The summed E-state index contributed by atoms with van der Waals surface area (Å²) in [4.78, 5) is 4.68. The standard InChI is InChI=1S/C20H28BNO3/c1-19(2)20(3,4)25-21(24-19)15-10-11-16-17(13-15)23-18(22-16)12-14-8-6-5-7-9-14/h10-11,13-14H,5-9,12H2,1-4H3. The Kier molecular flexibility index (Phi) is 4.20. The van der Waals surface area contributed by atoms with Crippen LogP contribution in [0.15, 0.2) is 22.6 Å². The van der Waals surface area contributed by atoms with Crippen molar-refractivity contribution in [3.8, 4) is 0 Å². The summed E-state index contributed by atoms with van der Waals surface area (Å²) in [5.74, 6) is 1.59. The van der Waals surface area contributed by atoms with E-state index in [1.807, 2.05) is 18.2 Å². The van der Waals surface area contributed by atoms with Crippen molar-refractivity contribution in [3.05, 3.63) is 24.1 Å². The summed E-state index contributed by atoms with van der Waals surface area (Å²) < 4.78 is 18.3. The van der Waals surface area contributed by atoms with E-state index in [4.69, 9.17) is 13.7 Å². The van der Waals surface area contributed by atoms with Gasteiger partial charge in [-0.25, -0.2) is 4.98 Å². The number of benzene rings is 1. The maximum Gasteiger partial charge on any atom is 0.494 e. The Labute approximate surface area is 150 Å². The Morgan fingerprint density at radius 2 is 1.72 bits per heavy atom. The van der Waals surface area contributed by atoms with E-state index in [0.717, 1.165) is 34.8 Å². The Morgan fingerprint density at radius 1 is 1.04 bits per heavy atom. The van der Waals surface area contributed by atoms with Gasteiger partial charge in [0.1, 0.15) is 5.52 Å². The number of aromatic nitrogens is 1. The van der Waals surface area contributed by atoms with E-state index in [1.165, 1.54) is 32.1 Å². The second-order valence-electron chi connectivity index (χ2n) is 8.63. The minimum atomic E-state index is -0.360. The number of hydrogen-bond acceptors (Lipinski definition) is 4. The van der Waals surface area contributed by atoms with Crippen LogP contribution in [-0.4, -0.2) is 23.3 Å². The van der Waals surface area contributed by atoms with Gasteiger partial charge < -0.3 is 13.7 Å². The van der Waals surface area contributed by atoms with Gasteiger partial charge in [0.2, 0.25) is 0 Å². The highest BCUT2D eigenvalue weighted by Gasteiger charge is 2.51. The first-order valence-electron chi connectivity index (χ1n) is 9.59. The summed E-state index contributed by atoms with van der Waals surface area (Å²) >= 11 is 0. The monoisotopic (exact) mass is 341 g/mol. The van der Waals surface area contributed by atoms with Gasteiger partial charge in [-0.05, 0) is 64.1 Å². The fraction of sp³-hybridized carbons (Fsp3) is 0.650. The van der Waals surface area contributed by atoms with Crippen LogP contribution in [0.3, 0.4) is 0 Å². The zero-order chi connectivity index (χ0) is 17.7. The van der Waals surface area contributed by atoms with Gasteiger partial charge in [-0.3, -0.25) is 0 Å². The van der Waals surface area contributed by atoms with E-state index in [-0.39, 0.29) is 18.3 Å². The average Bonchev–Trinajstić information content (AvgIpc) is 3.04. The summed E-state index contributed by atoms with van der Waals surface area (Å²) in [6.07, 6.45) is 7.63. The Balaban J connectivity index is 1.54. The van der Waals surface area contributed by atoms with Gasteiger partial charge in [0.25, 0.3) is 0 Å². The third-order valence-electron chi connectivity index (χ3n) is 6.17. The first kappa shape index (κ1) is 17.1. The van der Waals surface area contributed by atoms with Gasteiger partial charge in [-0.2, -0.15) is 0 Å². The molecule has 5 heteroatoms. The molecule has 1 aromatic heterocycles. The molecule has 0 N–H and O–H groups in total. The molecule has 0 bridgehead atoms. The molecule has 2 fully saturated rings. The molecule has 0 radical (unpaired) electrons. The molecule has 25 heavy (non-hydrogen) atoms. The second-order valence-corrected chi connectivity index (χ2v) is 8.63. The zero-order valence-corrected chi connectivity index (χ0v) is 15.8. The van der Waals surface area contributed by atoms with E-state index in [9.17, 15) is 0 Å². The molecule has 2 aliphatic rings. The number of fused-ring (bicyclic) bond motifs is 1.